The van der Waals surface area contributed by atoms with E-state index < -0.39 is 18.0 Å². The number of ether oxygens (including phenoxy) is 1. The quantitative estimate of drug-likeness (QED) is 0.694. The van der Waals surface area contributed by atoms with Crippen LogP contribution in [0.1, 0.15) is 38.5 Å². The average Bonchev–Trinajstić information content (AvgIpc) is 3.05. The smallest absolute Gasteiger partial charge is 0.329 e. The summed E-state index contributed by atoms with van der Waals surface area (Å²) in [6.45, 7) is 2.97. The molecule has 30 heavy (non-hydrogen) atoms. The van der Waals surface area contributed by atoms with Gasteiger partial charge in [-0.05, 0) is 69.0 Å². The van der Waals surface area contributed by atoms with Crippen molar-refractivity contribution in [3.05, 3.63) is 24.3 Å². The van der Waals surface area contributed by atoms with Crippen LogP contribution in [0.4, 0.5) is 10.5 Å². The summed E-state index contributed by atoms with van der Waals surface area (Å²) >= 11 is 0. The van der Waals surface area contributed by atoms with Gasteiger partial charge in [-0.2, -0.15) is 0 Å². The Morgan fingerprint density at radius 2 is 1.90 bits per heavy atom. The second-order valence-corrected chi connectivity index (χ2v) is 8.38. The monoisotopic (exact) mass is 414 g/mol. The van der Waals surface area contributed by atoms with Gasteiger partial charge in [-0.15, -0.1) is 0 Å². The Morgan fingerprint density at radius 3 is 2.67 bits per heavy atom. The number of anilines is 1. The van der Waals surface area contributed by atoms with Crippen LogP contribution >= 0.6 is 0 Å². The van der Waals surface area contributed by atoms with E-state index >= 15 is 0 Å². The lowest BCUT2D eigenvalue weighted by Crippen LogP contribution is -2.51. The van der Waals surface area contributed by atoms with Crippen molar-refractivity contribution in [1.82, 2.24) is 15.5 Å². The number of hydrogen-bond donors (Lipinski definition) is 2. The first-order valence-corrected chi connectivity index (χ1v) is 10.9. The molecule has 3 aliphatic rings. The molecule has 3 saturated heterocycles. The molecule has 3 atom stereocenters. The van der Waals surface area contributed by atoms with E-state index in [1.54, 1.807) is 31.4 Å². The molecule has 0 saturated carbocycles. The van der Waals surface area contributed by atoms with Crippen LogP contribution in [0.25, 0.3) is 0 Å². The van der Waals surface area contributed by atoms with Crippen molar-refractivity contribution in [2.45, 2.75) is 50.6 Å². The standard InChI is InChI=1S/C22H30N4O4/c1-30-17-9-7-16(8-10-17)26-21(28)18(24-22(26)29)13-20(27)23-14-15-5-4-12-25-11-3-2-6-19(15)25/h7-10,15,18-19H,2-6,11-14H2,1H3,(H,23,27)(H,24,29)/t15-,18+,19-/m0/s1. The van der Waals surface area contributed by atoms with Crippen LogP contribution in [-0.4, -0.2) is 61.6 Å². The van der Waals surface area contributed by atoms with E-state index in [4.69, 9.17) is 4.74 Å². The third kappa shape index (κ3) is 4.28. The number of urea groups is 1. The van der Waals surface area contributed by atoms with E-state index in [-0.39, 0.29) is 12.3 Å². The second kappa shape index (κ2) is 9.04. The normalized spacial score (nSPS) is 26.8. The number of fused-ring (bicyclic) bond motifs is 1. The van der Waals surface area contributed by atoms with Crippen molar-refractivity contribution in [3.8, 4) is 5.75 Å². The highest BCUT2D eigenvalue weighted by atomic mass is 16.5. The maximum absolute atomic E-state index is 12.7. The van der Waals surface area contributed by atoms with E-state index in [0.717, 1.165) is 11.3 Å². The summed E-state index contributed by atoms with van der Waals surface area (Å²) in [6, 6.07) is 5.90. The predicted molar refractivity (Wildman–Crippen MR) is 112 cm³/mol. The molecule has 3 fully saturated rings. The number of benzene rings is 1. The fraction of sp³-hybridized carbons (Fsp3) is 0.591. The molecule has 0 aliphatic carbocycles. The van der Waals surface area contributed by atoms with Crippen molar-refractivity contribution < 1.29 is 19.1 Å². The predicted octanol–water partition coefficient (Wildman–Crippen LogP) is 1.89. The number of imide groups is 1. The van der Waals surface area contributed by atoms with Gasteiger partial charge in [0.05, 0.1) is 19.2 Å². The molecular formula is C22H30N4O4. The van der Waals surface area contributed by atoms with Crippen molar-refractivity contribution in [2.24, 2.45) is 5.92 Å². The largest absolute Gasteiger partial charge is 0.497 e. The number of rotatable bonds is 6. The van der Waals surface area contributed by atoms with Crippen LogP contribution in [0.5, 0.6) is 5.75 Å². The summed E-state index contributed by atoms with van der Waals surface area (Å²) in [5.74, 6) is 0.503. The molecule has 0 bridgehead atoms. The van der Waals surface area contributed by atoms with Crippen LogP contribution < -0.4 is 20.3 Å². The van der Waals surface area contributed by atoms with Crippen molar-refractivity contribution in [3.63, 3.8) is 0 Å². The number of nitrogens with one attached hydrogen (secondary N) is 2. The Labute approximate surface area is 176 Å². The maximum atomic E-state index is 12.7. The Hall–Kier alpha value is -2.61. The zero-order valence-corrected chi connectivity index (χ0v) is 17.4. The second-order valence-electron chi connectivity index (χ2n) is 8.38. The SMILES string of the molecule is COc1ccc(N2C(=O)N[C@H](CC(=O)NC[C@@H]3CCCN4CCCC[C@@H]34)C2=O)cc1. The molecular weight excluding hydrogens is 384 g/mol. The van der Waals surface area contributed by atoms with Crippen LogP contribution in [0.3, 0.4) is 0 Å². The minimum absolute atomic E-state index is 0.0433. The van der Waals surface area contributed by atoms with E-state index in [9.17, 15) is 14.4 Å². The molecule has 1 aromatic carbocycles. The Kier molecular flexibility index (Phi) is 6.22. The first-order chi connectivity index (χ1) is 14.6. The molecule has 2 N–H and O–H groups in total. The number of methoxy groups -OCH3 is 1. The number of amides is 4. The van der Waals surface area contributed by atoms with Crippen LogP contribution in [0.15, 0.2) is 24.3 Å². The summed E-state index contributed by atoms with van der Waals surface area (Å²) in [6.07, 6.45) is 5.99. The molecule has 0 aromatic heterocycles. The fourth-order valence-corrected chi connectivity index (χ4v) is 4.96. The van der Waals surface area contributed by atoms with Crippen LogP contribution in [0, 0.1) is 5.92 Å². The first-order valence-electron chi connectivity index (χ1n) is 10.9. The van der Waals surface area contributed by atoms with E-state index in [2.05, 4.69) is 15.5 Å². The third-order valence-electron chi connectivity index (χ3n) is 6.53. The minimum atomic E-state index is -0.836. The van der Waals surface area contributed by atoms with Gasteiger partial charge >= 0.3 is 6.03 Å². The van der Waals surface area contributed by atoms with Gasteiger partial charge in [-0.3, -0.25) is 9.59 Å². The Morgan fingerprint density at radius 1 is 1.13 bits per heavy atom. The third-order valence-corrected chi connectivity index (χ3v) is 6.53. The molecule has 8 heteroatoms. The highest BCUT2D eigenvalue weighted by molar-refractivity contribution is 6.22. The van der Waals surface area contributed by atoms with E-state index in [1.165, 1.54) is 38.8 Å². The van der Waals surface area contributed by atoms with Gasteiger partial charge in [0.25, 0.3) is 5.91 Å². The highest BCUT2D eigenvalue weighted by Gasteiger charge is 2.40. The van der Waals surface area contributed by atoms with Gasteiger partial charge in [-0.1, -0.05) is 6.42 Å². The molecule has 1 aromatic rings. The lowest BCUT2D eigenvalue weighted by molar-refractivity contribution is -0.125. The lowest BCUT2D eigenvalue weighted by Gasteiger charge is -2.44. The van der Waals surface area contributed by atoms with Crippen molar-refractivity contribution >= 4 is 23.5 Å². The molecule has 8 nitrogen and oxygen atoms in total. The van der Waals surface area contributed by atoms with Gasteiger partial charge < -0.3 is 20.3 Å². The first kappa shape index (κ1) is 20.7. The summed E-state index contributed by atoms with van der Waals surface area (Å²) in [4.78, 5) is 41.2. The maximum Gasteiger partial charge on any atom is 0.329 e. The highest BCUT2D eigenvalue weighted by Crippen LogP contribution is 2.30. The lowest BCUT2D eigenvalue weighted by atomic mass is 9.83. The molecule has 4 rings (SSSR count). The minimum Gasteiger partial charge on any atom is -0.497 e. The summed E-state index contributed by atoms with van der Waals surface area (Å²) in [5, 5.41) is 5.65. The van der Waals surface area contributed by atoms with Crippen molar-refractivity contribution in [1.29, 1.82) is 0 Å². The van der Waals surface area contributed by atoms with Gasteiger partial charge in [0.2, 0.25) is 5.91 Å². The topological polar surface area (TPSA) is 91.0 Å². The number of piperidine rings is 2. The zero-order valence-electron chi connectivity index (χ0n) is 17.4. The Balaban J connectivity index is 1.31. The summed E-state index contributed by atoms with van der Waals surface area (Å²) in [5.41, 5.74) is 0.459. The average molecular weight is 415 g/mol. The molecule has 162 valence electrons. The molecule has 0 unspecified atom stereocenters. The summed E-state index contributed by atoms with van der Waals surface area (Å²) < 4.78 is 5.11. The number of carbonyl (C=O) groups is 3. The zero-order chi connectivity index (χ0) is 21.1. The van der Waals surface area contributed by atoms with Gasteiger partial charge in [0.15, 0.2) is 0 Å². The molecule has 0 radical (unpaired) electrons. The Bertz CT molecular complexity index is 795. The van der Waals surface area contributed by atoms with Gasteiger partial charge in [0.1, 0.15) is 11.8 Å². The van der Waals surface area contributed by atoms with Crippen LogP contribution in [0.2, 0.25) is 0 Å². The number of hydrogen-bond acceptors (Lipinski definition) is 5. The van der Waals surface area contributed by atoms with Crippen LogP contribution in [-0.2, 0) is 9.59 Å². The fourth-order valence-electron chi connectivity index (χ4n) is 4.96. The van der Waals surface area contributed by atoms with E-state index in [0.29, 0.717) is 29.9 Å². The molecule has 4 amide bonds. The number of carbonyl (C=O) groups excluding carboxylic acids is 3. The molecule has 3 aliphatic heterocycles. The molecule has 3 heterocycles. The number of nitrogens with zero attached hydrogens (tertiary/aromatic N) is 2. The van der Waals surface area contributed by atoms with E-state index in [1.807, 2.05) is 0 Å². The molecule has 0 spiro atoms. The summed E-state index contributed by atoms with van der Waals surface area (Å²) in [7, 11) is 1.55. The van der Waals surface area contributed by atoms with Crippen molar-refractivity contribution in [2.75, 3.05) is 31.6 Å². The van der Waals surface area contributed by atoms with Gasteiger partial charge in [0, 0.05) is 12.6 Å². The van der Waals surface area contributed by atoms with Gasteiger partial charge in [-0.25, -0.2) is 9.69 Å².